The second-order valence-corrected chi connectivity index (χ2v) is 5.24. The SMILES string of the molecule is O=C(Nc1cccc(F)c1)c1ccc(NCc2ccccc2)cn1. The van der Waals surface area contributed by atoms with E-state index in [1.807, 2.05) is 30.3 Å². The Morgan fingerprint density at radius 3 is 2.50 bits per heavy atom. The number of carbonyl (C=O) groups is 1. The molecule has 2 N–H and O–H groups in total. The van der Waals surface area contributed by atoms with Gasteiger partial charge in [0.15, 0.2) is 0 Å². The number of amides is 1. The minimum Gasteiger partial charge on any atom is -0.380 e. The van der Waals surface area contributed by atoms with Crippen molar-refractivity contribution in [2.45, 2.75) is 6.54 Å². The van der Waals surface area contributed by atoms with Crippen LogP contribution in [0.15, 0.2) is 72.9 Å². The van der Waals surface area contributed by atoms with Crippen molar-refractivity contribution >= 4 is 17.3 Å². The summed E-state index contributed by atoms with van der Waals surface area (Å²) in [5, 5.41) is 5.85. The highest BCUT2D eigenvalue weighted by Crippen LogP contribution is 2.12. The van der Waals surface area contributed by atoms with Crippen molar-refractivity contribution in [3.63, 3.8) is 0 Å². The molecule has 120 valence electrons. The molecule has 0 fully saturated rings. The van der Waals surface area contributed by atoms with Gasteiger partial charge in [-0.1, -0.05) is 36.4 Å². The van der Waals surface area contributed by atoms with E-state index in [9.17, 15) is 9.18 Å². The number of rotatable bonds is 5. The fourth-order valence-electron chi connectivity index (χ4n) is 2.19. The summed E-state index contributed by atoms with van der Waals surface area (Å²) < 4.78 is 13.1. The summed E-state index contributed by atoms with van der Waals surface area (Å²) in [6, 6.07) is 19.1. The molecule has 1 amide bonds. The maximum atomic E-state index is 13.1. The molecule has 0 radical (unpaired) electrons. The number of nitrogens with one attached hydrogen (secondary N) is 2. The third-order valence-electron chi connectivity index (χ3n) is 3.42. The van der Waals surface area contributed by atoms with Gasteiger partial charge in [-0.15, -0.1) is 0 Å². The number of anilines is 2. The average Bonchev–Trinajstić information content (AvgIpc) is 2.61. The fourth-order valence-corrected chi connectivity index (χ4v) is 2.19. The first-order chi connectivity index (χ1) is 11.7. The predicted molar refractivity (Wildman–Crippen MR) is 92.4 cm³/mol. The number of hydrogen-bond donors (Lipinski definition) is 2. The molecule has 24 heavy (non-hydrogen) atoms. The Hall–Kier alpha value is -3.21. The van der Waals surface area contributed by atoms with Gasteiger partial charge in [-0.25, -0.2) is 9.37 Å². The van der Waals surface area contributed by atoms with E-state index in [2.05, 4.69) is 15.6 Å². The minimum atomic E-state index is -0.402. The molecule has 1 aromatic heterocycles. The van der Waals surface area contributed by atoms with E-state index in [4.69, 9.17) is 0 Å². The Morgan fingerprint density at radius 2 is 1.79 bits per heavy atom. The van der Waals surface area contributed by atoms with E-state index in [0.717, 1.165) is 11.3 Å². The van der Waals surface area contributed by atoms with Crippen LogP contribution in [-0.2, 0) is 6.54 Å². The molecule has 0 aliphatic carbocycles. The number of aromatic nitrogens is 1. The summed E-state index contributed by atoms with van der Waals surface area (Å²) >= 11 is 0. The molecule has 5 heteroatoms. The first-order valence-corrected chi connectivity index (χ1v) is 7.51. The van der Waals surface area contributed by atoms with E-state index in [1.54, 1.807) is 24.4 Å². The predicted octanol–water partition coefficient (Wildman–Crippen LogP) is 4.09. The lowest BCUT2D eigenvalue weighted by atomic mass is 10.2. The molecule has 0 saturated heterocycles. The summed E-state index contributed by atoms with van der Waals surface area (Å²) in [7, 11) is 0. The molecule has 0 aliphatic rings. The smallest absolute Gasteiger partial charge is 0.274 e. The largest absolute Gasteiger partial charge is 0.380 e. The Morgan fingerprint density at radius 1 is 0.958 bits per heavy atom. The van der Waals surface area contributed by atoms with Crippen molar-refractivity contribution in [1.29, 1.82) is 0 Å². The number of benzene rings is 2. The highest BCUT2D eigenvalue weighted by Gasteiger charge is 2.08. The molecule has 0 atom stereocenters. The van der Waals surface area contributed by atoms with Gasteiger partial charge in [0.1, 0.15) is 11.5 Å². The zero-order chi connectivity index (χ0) is 16.8. The van der Waals surface area contributed by atoms with Gasteiger partial charge in [0.2, 0.25) is 0 Å². The van der Waals surface area contributed by atoms with Crippen LogP contribution in [0, 0.1) is 5.82 Å². The third-order valence-corrected chi connectivity index (χ3v) is 3.42. The molecule has 0 saturated carbocycles. The van der Waals surface area contributed by atoms with E-state index in [0.29, 0.717) is 12.2 Å². The topological polar surface area (TPSA) is 54.0 Å². The fraction of sp³-hybridized carbons (Fsp3) is 0.0526. The van der Waals surface area contributed by atoms with Crippen molar-refractivity contribution in [3.8, 4) is 0 Å². The molecule has 3 aromatic rings. The number of pyridine rings is 1. The van der Waals surface area contributed by atoms with Gasteiger partial charge in [-0.3, -0.25) is 4.79 Å². The van der Waals surface area contributed by atoms with Gasteiger partial charge in [-0.05, 0) is 35.9 Å². The highest BCUT2D eigenvalue weighted by molar-refractivity contribution is 6.02. The van der Waals surface area contributed by atoms with E-state index in [-0.39, 0.29) is 11.6 Å². The van der Waals surface area contributed by atoms with Crippen molar-refractivity contribution in [2.24, 2.45) is 0 Å². The highest BCUT2D eigenvalue weighted by atomic mass is 19.1. The van der Waals surface area contributed by atoms with Gasteiger partial charge in [0.05, 0.1) is 11.9 Å². The van der Waals surface area contributed by atoms with Crippen molar-refractivity contribution < 1.29 is 9.18 Å². The van der Waals surface area contributed by atoms with Crippen LogP contribution in [0.5, 0.6) is 0 Å². The second kappa shape index (κ2) is 7.37. The van der Waals surface area contributed by atoms with Crippen molar-refractivity contribution in [3.05, 3.63) is 90.0 Å². The molecule has 4 nitrogen and oxygen atoms in total. The lowest BCUT2D eigenvalue weighted by Gasteiger charge is -2.08. The standard InChI is InChI=1S/C19H16FN3O/c20-15-7-4-8-16(11-15)23-19(24)18-10-9-17(13-22-18)21-12-14-5-2-1-3-6-14/h1-11,13,21H,12H2,(H,23,24). The molecule has 0 unspecified atom stereocenters. The monoisotopic (exact) mass is 321 g/mol. The maximum absolute atomic E-state index is 13.1. The van der Waals surface area contributed by atoms with Crippen LogP contribution in [0.4, 0.5) is 15.8 Å². The maximum Gasteiger partial charge on any atom is 0.274 e. The van der Waals surface area contributed by atoms with Crippen molar-refractivity contribution in [2.75, 3.05) is 10.6 Å². The number of nitrogens with zero attached hydrogens (tertiary/aromatic N) is 1. The first-order valence-electron chi connectivity index (χ1n) is 7.51. The molecular weight excluding hydrogens is 305 g/mol. The van der Waals surface area contributed by atoms with E-state index < -0.39 is 5.82 Å². The van der Waals surface area contributed by atoms with Gasteiger partial charge >= 0.3 is 0 Å². The number of halogens is 1. The van der Waals surface area contributed by atoms with Gasteiger partial charge in [0.25, 0.3) is 5.91 Å². The Kier molecular flexibility index (Phi) is 4.81. The molecule has 3 rings (SSSR count). The molecule has 2 aromatic carbocycles. The summed E-state index contributed by atoms with van der Waals surface area (Å²) in [5.41, 5.74) is 2.64. The third kappa shape index (κ3) is 4.16. The van der Waals surface area contributed by atoms with Crippen molar-refractivity contribution in [1.82, 2.24) is 4.98 Å². The Bertz CT molecular complexity index is 820. The Balaban J connectivity index is 1.60. The number of carbonyl (C=O) groups excluding carboxylic acids is 1. The van der Waals surface area contributed by atoms with E-state index >= 15 is 0 Å². The van der Waals surface area contributed by atoms with Gasteiger partial charge in [-0.2, -0.15) is 0 Å². The normalized spacial score (nSPS) is 10.2. The number of hydrogen-bond acceptors (Lipinski definition) is 3. The summed E-state index contributed by atoms with van der Waals surface area (Å²) in [4.78, 5) is 16.2. The molecule has 1 heterocycles. The second-order valence-electron chi connectivity index (χ2n) is 5.24. The van der Waals surface area contributed by atoms with Crippen LogP contribution >= 0.6 is 0 Å². The van der Waals surface area contributed by atoms with Crippen LogP contribution < -0.4 is 10.6 Å². The first kappa shape index (κ1) is 15.7. The molecule has 0 aliphatic heterocycles. The average molecular weight is 321 g/mol. The van der Waals surface area contributed by atoms with Crippen LogP contribution in [0.1, 0.15) is 16.1 Å². The summed E-state index contributed by atoms with van der Waals surface area (Å²) in [6.45, 7) is 0.678. The lowest BCUT2D eigenvalue weighted by molar-refractivity contribution is 0.102. The zero-order valence-corrected chi connectivity index (χ0v) is 12.9. The van der Waals surface area contributed by atoms with Crippen LogP contribution in [0.2, 0.25) is 0 Å². The summed E-state index contributed by atoms with van der Waals surface area (Å²) in [6.07, 6.45) is 1.60. The van der Waals surface area contributed by atoms with Crippen LogP contribution in [0.25, 0.3) is 0 Å². The zero-order valence-electron chi connectivity index (χ0n) is 12.9. The van der Waals surface area contributed by atoms with Gasteiger partial charge in [0, 0.05) is 12.2 Å². The quantitative estimate of drug-likeness (QED) is 0.744. The summed E-state index contributed by atoms with van der Waals surface area (Å²) in [5.74, 6) is -0.781. The van der Waals surface area contributed by atoms with Gasteiger partial charge < -0.3 is 10.6 Å². The molecular formula is C19H16FN3O. The van der Waals surface area contributed by atoms with E-state index in [1.165, 1.54) is 18.2 Å². The Labute approximate surface area is 139 Å². The molecule has 0 bridgehead atoms. The van der Waals surface area contributed by atoms with Crippen LogP contribution in [0.3, 0.4) is 0 Å². The van der Waals surface area contributed by atoms with Crippen LogP contribution in [-0.4, -0.2) is 10.9 Å². The molecule has 0 spiro atoms. The lowest BCUT2D eigenvalue weighted by Crippen LogP contribution is -2.13. The minimum absolute atomic E-state index is 0.268.